The standard InChI is InChI=1S/C17H27NO6/c1-14(2,3)24-13(21)18(7-12(19)20)15-4-11-5-16(22,8-15)10-17(23,6-11)9-15/h11,22-23H,4-10H2,1-3H3,(H,19,20). The molecule has 4 saturated carbocycles. The van der Waals surface area contributed by atoms with Gasteiger partial charge < -0.3 is 20.1 Å². The zero-order valence-corrected chi connectivity index (χ0v) is 14.5. The van der Waals surface area contributed by atoms with E-state index in [2.05, 4.69) is 0 Å². The average molecular weight is 341 g/mol. The summed E-state index contributed by atoms with van der Waals surface area (Å²) in [5, 5.41) is 31.0. The van der Waals surface area contributed by atoms with Gasteiger partial charge in [-0.3, -0.25) is 9.69 Å². The topological polar surface area (TPSA) is 107 Å². The number of hydrogen-bond donors (Lipinski definition) is 3. The van der Waals surface area contributed by atoms with Gasteiger partial charge in [-0.05, 0) is 58.8 Å². The summed E-state index contributed by atoms with van der Waals surface area (Å²) < 4.78 is 5.42. The fourth-order valence-electron chi connectivity index (χ4n) is 5.47. The van der Waals surface area contributed by atoms with Gasteiger partial charge in [-0.2, -0.15) is 0 Å². The number of rotatable bonds is 3. The maximum Gasteiger partial charge on any atom is 0.411 e. The van der Waals surface area contributed by atoms with Crippen LogP contribution in [0.5, 0.6) is 0 Å². The first-order valence-electron chi connectivity index (χ1n) is 8.51. The van der Waals surface area contributed by atoms with Crippen LogP contribution in [-0.2, 0) is 9.53 Å². The van der Waals surface area contributed by atoms with Gasteiger partial charge in [0.25, 0.3) is 0 Å². The molecule has 4 aliphatic rings. The first-order chi connectivity index (χ1) is 10.8. The molecule has 7 heteroatoms. The van der Waals surface area contributed by atoms with Crippen LogP contribution in [0.3, 0.4) is 0 Å². The molecule has 1 amide bonds. The Kier molecular flexibility index (Phi) is 3.70. The fraction of sp³-hybridized carbons (Fsp3) is 0.882. The molecule has 0 radical (unpaired) electrons. The predicted molar refractivity (Wildman–Crippen MR) is 84.4 cm³/mol. The molecule has 24 heavy (non-hydrogen) atoms. The van der Waals surface area contributed by atoms with Crippen molar-refractivity contribution >= 4 is 12.1 Å². The first-order valence-corrected chi connectivity index (χ1v) is 8.51. The third kappa shape index (κ3) is 3.11. The largest absolute Gasteiger partial charge is 0.480 e. The van der Waals surface area contributed by atoms with Crippen LogP contribution < -0.4 is 0 Å². The van der Waals surface area contributed by atoms with E-state index >= 15 is 0 Å². The van der Waals surface area contributed by atoms with Gasteiger partial charge >= 0.3 is 12.1 Å². The average Bonchev–Trinajstić information content (AvgIpc) is 2.28. The van der Waals surface area contributed by atoms with E-state index in [9.17, 15) is 24.9 Å². The Labute approximate surface area is 141 Å². The molecular weight excluding hydrogens is 314 g/mol. The van der Waals surface area contributed by atoms with Crippen LogP contribution in [0, 0.1) is 5.92 Å². The number of nitrogens with zero attached hydrogens (tertiary/aromatic N) is 1. The third-order valence-electron chi connectivity index (χ3n) is 5.46. The highest BCUT2D eigenvalue weighted by molar-refractivity contribution is 5.78. The molecule has 0 spiro atoms. The van der Waals surface area contributed by atoms with E-state index in [1.54, 1.807) is 20.8 Å². The minimum atomic E-state index is -1.13. The van der Waals surface area contributed by atoms with Crippen molar-refractivity contribution in [3.05, 3.63) is 0 Å². The number of aliphatic hydroxyl groups is 2. The van der Waals surface area contributed by atoms with Crippen molar-refractivity contribution in [3.63, 3.8) is 0 Å². The van der Waals surface area contributed by atoms with Crippen molar-refractivity contribution in [2.45, 2.75) is 81.6 Å². The highest BCUT2D eigenvalue weighted by Crippen LogP contribution is 2.61. The van der Waals surface area contributed by atoms with E-state index in [1.807, 2.05) is 0 Å². The van der Waals surface area contributed by atoms with Crippen molar-refractivity contribution in [1.82, 2.24) is 4.90 Å². The van der Waals surface area contributed by atoms with Gasteiger partial charge in [-0.15, -0.1) is 0 Å². The van der Waals surface area contributed by atoms with Crippen molar-refractivity contribution in [2.75, 3.05) is 6.54 Å². The molecule has 4 fully saturated rings. The van der Waals surface area contributed by atoms with E-state index in [4.69, 9.17) is 4.74 Å². The first kappa shape index (κ1) is 17.5. The van der Waals surface area contributed by atoms with Crippen LogP contribution >= 0.6 is 0 Å². The smallest absolute Gasteiger partial charge is 0.411 e. The number of carbonyl (C=O) groups excluding carboxylic acids is 1. The molecule has 2 atom stereocenters. The summed E-state index contributed by atoms with van der Waals surface area (Å²) in [6.07, 6.45) is 2.01. The molecule has 0 aromatic rings. The Morgan fingerprint density at radius 3 is 2.04 bits per heavy atom. The zero-order chi connectivity index (χ0) is 18.0. The van der Waals surface area contributed by atoms with Gasteiger partial charge in [-0.1, -0.05) is 0 Å². The molecule has 0 saturated heterocycles. The van der Waals surface area contributed by atoms with Crippen LogP contribution in [0.25, 0.3) is 0 Å². The normalized spacial score (nSPS) is 40.5. The van der Waals surface area contributed by atoms with Crippen LogP contribution in [0.2, 0.25) is 0 Å². The molecule has 0 aromatic carbocycles. The van der Waals surface area contributed by atoms with E-state index in [1.165, 1.54) is 4.90 Å². The number of carboxylic acid groups (broad SMARTS) is 1. The zero-order valence-electron chi connectivity index (χ0n) is 14.5. The van der Waals surface area contributed by atoms with Gasteiger partial charge in [0, 0.05) is 6.42 Å². The predicted octanol–water partition coefficient (Wildman–Crippen LogP) is 1.51. The second-order valence-corrected chi connectivity index (χ2v) is 9.14. The van der Waals surface area contributed by atoms with Gasteiger partial charge in [-0.25, -0.2) is 4.79 Å². The molecule has 4 rings (SSSR count). The van der Waals surface area contributed by atoms with Crippen LogP contribution in [0.1, 0.15) is 59.3 Å². The van der Waals surface area contributed by atoms with Crippen LogP contribution in [0.4, 0.5) is 4.79 Å². The lowest BCUT2D eigenvalue weighted by molar-refractivity contribution is -0.231. The molecule has 4 bridgehead atoms. The molecule has 7 nitrogen and oxygen atoms in total. The summed E-state index contributed by atoms with van der Waals surface area (Å²) in [7, 11) is 0. The van der Waals surface area contributed by atoms with Crippen molar-refractivity contribution in [1.29, 1.82) is 0 Å². The minimum Gasteiger partial charge on any atom is -0.480 e. The lowest BCUT2D eigenvalue weighted by Crippen LogP contribution is -2.72. The molecule has 3 N–H and O–H groups in total. The summed E-state index contributed by atoms with van der Waals surface area (Å²) in [6, 6.07) is 0. The van der Waals surface area contributed by atoms with Crippen molar-refractivity contribution < 1.29 is 29.6 Å². The van der Waals surface area contributed by atoms with Gasteiger partial charge in [0.1, 0.15) is 12.1 Å². The maximum atomic E-state index is 12.7. The molecule has 4 aliphatic carbocycles. The Hall–Kier alpha value is -1.34. The van der Waals surface area contributed by atoms with Crippen LogP contribution in [0.15, 0.2) is 0 Å². The molecule has 0 heterocycles. The van der Waals surface area contributed by atoms with Gasteiger partial charge in [0.2, 0.25) is 0 Å². The number of carboxylic acids is 1. The lowest BCUT2D eigenvalue weighted by atomic mass is 9.49. The van der Waals surface area contributed by atoms with Gasteiger partial charge in [0.05, 0.1) is 16.7 Å². The molecule has 2 unspecified atom stereocenters. The number of hydrogen-bond acceptors (Lipinski definition) is 5. The lowest BCUT2D eigenvalue weighted by Gasteiger charge is -2.65. The summed E-state index contributed by atoms with van der Waals surface area (Å²) in [6.45, 7) is 4.69. The summed E-state index contributed by atoms with van der Waals surface area (Å²) in [5.41, 5.74) is -3.67. The van der Waals surface area contributed by atoms with Crippen LogP contribution in [-0.4, -0.2) is 61.2 Å². The minimum absolute atomic E-state index is 0.0926. The molecular formula is C17H27NO6. The Morgan fingerprint density at radius 2 is 1.62 bits per heavy atom. The second kappa shape index (κ2) is 5.08. The third-order valence-corrected chi connectivity index (χ3v) is 5.46. The number of carbonyl (C=O) groups is 2. The Bertz CT molecular complexity index is 550. The fourth-order valence-corrected chi connectivity index (χ4v) is 5.47. The number of aliphatic carboxylic acids is 1. The van der Waals surface area contributed by atoms with Crippen molar-refractivity contribution in [3.8, 4) is 0 Å². The molecule has 0 aliphatic heterocycles. The van der Waals surface area contributed by atoms with Gasteiger partial charge in [0.15, 0.2) is 0 Å². The summed E-state index contributed by atoms with van der Waals surface area (Å²) in [5.74, 6) is -1.04. The monoisotopic (exact) mass is 341 g/mol. The molecule has 0 aromatic heterocycles. The second-order valence-electron chi connectivity index (χ2n) is 9.14. The highest BCUT2D eigenvalue weighted by atomic mass is 16.6. The quantitative estimate of drug-likeness (QED) is 0.718. The Morgan fingerprint density at radius 1 is 1.08 bits per heavy atom. The number of ether oxygens (including phenoxy) is 1. The van der Waals surface area contributed by atoms with E-state index in [-0.39, 0.29) is 5.92 Å². The highest BCUT2D eigenvalue weighted by Gasteiger charge is 2.65. The van der Waals surface area contributed by atoms with E-state index in [0.29, 0.717) is 38.5 Å². The van der Waals surface area contributed by atoms with E-state index < -0.39 is 40.9 Å². The Balaban J connectivity index is 1.95. The van der Waals surface area contributed by atoms with Crippen molar-refractivity contribution in [2.24, 2.45) is 5.92 Å². The maximum absolute atomic E-state index is 12.7. The number of amides is 1. The SMILES string of the molecule is CC(C)(C)OC(=O)N(CC(=O)O)C12CC3CC(O)(CC(O)(C3)C1)C2. The molecule has 136 valence electrons. The van der Waals surface area contributed by atoms with E-state index in [0.717, 1.165) is 0 Å². The summed E-state index contributed by atoms with van der Waals surface area (Å²) >= 11 is 0. The summed E-state index contributed by atoms with van der Waals surface area (Å²) in [4.78, 5) is 25.3.